The number of hydrogen-bond donors (Lipinski definition) is 0. The second-order valence-electron chi connectivity index (χ2n) is 12.0. The van der Waals surface area contributed by atoms with Crippen LogP contribution in [0.2, 0.25) is 0 Å². The monoisotopic (exact) mass is 472 g/mol. The molecular formula is C30H48O4. The highest BCUT2D eigenvalue weighted by Crippen LogP contribution is 2.54. The Balaban J connectivity index is 0.000000191. The van der Waals surface area contributed by atoms with Gasteiger partial charge in [0.2, 0.25) is 0 Å². The molecule has 0 radical (unpaired) electrons. The van der Waals surface area contributed by atoms with Gasteiger partial charge in [-0.3, -0.25) is 9.59 Å². The lowest BCUT2D eigenvalue weighted by molar-refractivity contribution is -0.153. The highest BCUT2D eigenvalue weighted by molar-refractivity contribution is 5.66. The van der Waals surface area contributed by atoms with Crippen LogP contribution in [-0.4, -0.2) is 24.1 Å². The van der Waals surface area contributed by atoms with Crippen molar-refractivity contribution in [1.82, 2.24) is 0 Å². The van der Waals surface area contributed by atoms with Crippen molar-refractivity contribution in [2.75, 3.05) is 0 Å². The number of carbonyl (C=O) groups excluding carboxylic acids is 2. The summed E-state index contributed by atoms with van der Waals surface area (Å²) in [6.07, 6.45) is 12.4. The van der Waals surface area contributed by atoms with Crippen molar-refractivity contribution in [2.45, 2.75) is 106 Å². The van der Waals surface area contributed by atoms with E-state index in [-0.39, 0.29) is 24.1 Å². The molecule has 4 nitrogen and oxygen atoms in total. The van der Waals surface area contributed by atoms with E-state index in [2.05, 4.69) is 53.7 Å². The van der Waals surface area contributed by atoms with Gasteiger partial charge in [-0.25, -0.2) is 0 Å². The molecule has 0 spiro atoms. The van der Waals surface area contributed by atoms with Gasteiger partial charge in [-0.2, -0.15) is 0 Å². The van der Waals surface area contributed by atoms with Crippen LogP contribution in [0.15, 0.2) is 23.3 Å². The van der Waals surface area contributed by atoms with E-state index in [1.165, 1.54) is 52.4 Å². The average molecular weight is 473 g/mol. The first-order valence-corrected chi connectivity index (χ1v) is 13.7. The van der Waals surface area contributed by atoms with Crippen LogP contribution in [0.1, 0.15) is 93.9 Å². The van der Waals surface area contributed by atoms with E-state index in [0.29, 0.717) is 29.6 Å². The Hall–Kier alpha value is -1.58. The Labute approximate surface area is 207 Å². The second-order valence-corrected chi connectivity index (χ2v) is 12.0. The van der Waals surface area contributed by atoms with Crippen LogP contribution in [0.3, 0.4) is 0 Å². The minimum atomic E-state index is -0.131. The van der Waals surface area contributed by atoms with Crippen LogP contribution in [0.4, 0.5) is 0 Å². The van der Waals surface area contributed by atoms with Gasteiger partial charge in [-0.05, 0) is 93.8 Å². The summed E-state index contributed by atoms with van der Waals surface area (Å²) in [5.74, 6) is 4.77. The minimum Gasteiger partial charge on any atom is -0.462 e. The van der Waals surface area contributed by atoms with Gasteiger partial charge in [0.15, 0.2) is 0 Å². The van der Waals surface area contributed by atoms with Crippen LogP contribution in [0.5, 0.6) is 0 Å². The van der Waals surface area contributed by atoms with E-state index in [9.17, 15) is 9.59 Å². The topological polar surface area (TPSA) is 52.6 Å². The van der Waals surface area contributed by atoms with E-state index in [1.54, 1.807) is 11.1 Å². The predicted octanol–water partition coefficient (Wildman–Crippen LogP) is 7.13. The van der Waals surface area contributed by atoms with Crippen LogP contribution >= 0.6 is 0 Å². The zero-order valence-corrected chi connectivity index (χ0v) is 22.8. The van der Waals surface area contributed by atoms with Gasteiger partial charge in [-0.1, -0.05) is 51.0 Å². The van der Waals surface area contributed by atoms with Crippen LogP contribution in [-0.2, 0) is 19.1 Å². The fourth-order valence-electron chi connectivity index (χ4n) is 7.69. The molecule has 8 atom stereocenters. The summed E-state index contributed by atoms with van der Waals surface area (Å²) in [5, 5.41) is 0. The molecule has 4 aliphatic rings. The third-order valence-electron chi connectivity index (χ3n) is 8.99. The molecule has 0 aromatic heterocycles. The molecule has 4 heteroatoms. The van der Waals surface area contributed by atoms with Gasteiger partial charge in [0.25, 0.3) is 0 Å². The number of allylic oxidation sites excluding steroid dienone is 4. The van der Waals surface area contributed by atoms with Gasteiger partial charge in [0, 0.05) is 19.8 Å². The Morgan fingerprint density at radius 2 is 1.32 bits per heavy atom. The van der Waals surface area contributed by atoms with Crippen molar-refractivity contribution < 1.29 is 19.1 Å². The molecule has 4 bridgehead atoms. The molecule has 0 aliphatic heterocycles. The molecule has 4 rings (SSSR count). The summed E-state index contributed by atoms with van der Waals surface area (Å²) >= 11 is 0. The molecule has 192 valence electrons. The summed E-state index contributed by atoms with van der Waals surface area (Å²) < 4.78 is 11.1. The van der Waals surface area contributed by atoms with E-state index >= 15 is 0 Å². The van der Waals surface area contributed by atoms with Gasteiger partial charge in [0.05, 0.1) is 0 Å². The van der Waals surface area contributed by atoms with Gasteiger partial charge in [0.1, 0.15) is 12.2 Å². The van der Waals surface area contributed by atoms with Crippen molar-refractivity contribution in [3.05, 3.63) is 23.3 Å². The molecule has 34 heavy (non-hydrogen) atoms. The maximum Gasteiger partial charge on any atom is 0.302 e. The summed E-state index contributed by atoms with van der Waals surface area (Å²) in [4.78, 5) is 22.4. The molecule has 8 unspecified atom stereocenters. The fourth-order valence-corrected chi connectivity index (χ4v) is 7.69. The van der Waals surface area contributed by atoms with Crippen molar-refractivity contribution >= 4 is 11.9 Å². The molecule has 0 heterocycles. The Bertz CT molecular complexity index is 792. The van der Waals surface area contributed by atoms with Crippen molar-refractivity contribution in [3.8, 4) is 0 Å². The largest absolute Gasteiger partial charge is 0.462 e. The lowest BCUT2D eigenvalue weighted by atomic mass is 9.78. The van der Waals surface area contributed by atoms with E-state index in [4.69, 9.17) is 9.47 Å². The molecule has 4 saturated carbocycles. The first-order valence-electron chi connectivity index (χ1n) is 13.7. The molecule has 0 amide bonds. The number of ether oxygens (including phenoxy) is 2. The number of carbonyl (C=O) groups is 2. The molecule has 0 aromatic rings. The van der Waals surface area contributed by atoms with Gasteiger partial charge in [-0.15, -0.1) is 0 Å². The molecule has 4 fully saturated rings. The highest BCUT2D eigenvalue weighted by atomic mass is 16.5. The SMILES string of the molecule is CC=C1CC2CC1C(C(OC(C)=O)C(C)C)C2.CC=C1CC2CC1CC2C(OC(C)=O)C(C)C. The predicted molar refractivity (Wildman–Crippen MR) is 137 cm³/mol. The maximum absolute atomic E-state index is 11.2. The molecule has 0 aromatic carbocycles. The second kappa shape index (κ2) is 11.4. The highest BCUT2D eigenvalue weighted by Gasteiger charge is 2.48. The van der Waals surface area contributed by atoms with E-state index in [1.807, 2.05) is 0 Å². The van der Waals surface area contributed by atoms with Gasteiger partial charge >= 0.3 is 11.9 Å². The fraction of sp³-hybridized carbons (Fsp3) is 0.800. The first-order chi connectivity index (χ1) is 16.0. The average Bonchev–Trinajstić information content (AvgIpc) is 3.55. The molecular weight excluding hydrogens is 424 g/mol. The Morgan fingerprint density at radius 1 is 0.765 bits per heavy atom. The van der Waals surface area contributed by atoms with Gasteiger partial charge < -0.3 is 9.47 Å². The maximum atomic E-state index is 11.2. The number of esters is 2. The van der Waals surface area contributed by atoms with Crippen molar-refractivity contribution in [2.24, 2.45) is 47.3 Å². The van der Waals surface area contributed by atoms with Crippen LogP contribution < -0.4 is 0 Å². The summed E-state index contributed by atoms with van der Waals surface area (Å²) in [6, 6.07) is 0. The lowest BCUT2D eigenvalue weighted by Gasteiger charge is -2.33. The van der Waals surface area contributed by atoms with Crippen LogP contribution in [0.25, 0.3) is 0 Å². The molecule has 0 saturated heterocycles. The number of hydrogen-bond acceptors (Lipinski definition) is 4. The van der Waals surface area contributed by atoms with Crippen molar-refractivity contribution in [1.29, 1.82) is 0 Å². The van der Waals surface area contributed by atoms with E-state index in [0.717, 1.165) is 17.8 Å². The van der Waals surface area contributed by atoms with Crippen LogP contribution in [0, 0.1) is 47.3 Å². The van der Waals surface area contributed by atoms with E-state index < -0.39 is 0 Å². The normalized spacial score (nSPS) is 35.6. The smallest absolute Gasteiger partial charge is 0.302 e. The summed E-state index contributed by atoms with van der Waals surface area (Å²) in [6.45, 7) is 16.0. The summed E-state index contributed by atoms with van der Waals surface area (Å²) in [7, 11) is 0. The zero-order valence-electron chi connectivity index (χ0n) is 22.8. The minimum absolute atomic E-state index is 0.109. The number of rotatable bonds is 6. The lowest BCUT2D eigenvalue weighted by Crippen LogP contribution is -2.34. The third-order valence-corrected chi connectivity index (χ3v) is 8.99. The quantitative estimate of drug-likeness (QED) is 0.305. The first kappa shape index (κ1) is 27.0. The van der Waals surface area contributed by atoms with Crippen molar-refractivity contribution in [3.63, 3.8) is 0 Å². The Kier molecular flexibility index (Phi) is 9.09. The zero-order chi connectivity index (χ0) is 25.2. The third kappa shape index (κ3) is 5.97. The number of fused-ring (bicyclic) bond motifs is 4. The Morgan fingerprint density at radius 3 is 1.74 bits per heavy atom. The molecule has 4 aliphatic carbocycles. The summed E-state index contributed by atoms with van der Waals surface area (Å²) in [5.41, 5.74) is 3.24. The standard InChI is InChI=1S/2C15H24O2/c1-5-12-6-11-7-13(12)14(8-11)15(9(2)3)17-10(4)16;1-5-11-6-13-7-12(11)8-14(13)15(9(2)3)17-10(4)16/h5,9,11,13-15H,6-8H2,1-4H3;5,9,12-15H,6-8H2,1-4H3. The molecule has 0 N–H and O–H groups in total.